The van der Waals surface area contributed by atoms with Crippen LogP contribution in [0.2, 0.25) is 0 Å². The van der Waals surface area contributed by atoms with Crippen LogP contribution >= 0.6 is 11.3 Å². The van der Waals surface area contributed by atoms with Gasteiger partial charge in [-0.15, -0.1) is 0 Å². The van der Waals surface area contributed by atoms with Crippen molar-refractivity contribution in [2.75, 3.05) is 6.61 Å². The average molecular weight is 343 g/mol. The third kappa shape index (κ3) is 6.79. The maximum Gasteiger partial charge on any atom is 0.331 e. The van der Waals surface area contributed by atoms with Gasteiger partial charge in [0.15, 0.2) is 6.61 Å². The molecular formula is C19H21NO3S. The Labute approximate surface area is 146 Å². The van der Waals surface area contributed by atoms with Gasteiger partial charge in [0.1, 0.15) is 0 Å². The Morgan fingerprint density at radius 3 is 2.75 bits per heavy atom. The number of esters is 1. The number of benzene rings is 1. The Balaban J connectivity index is 1.64. The van der Waals surface area contributed by atoms with E-state index < -0.39 is 5.97 Å². The molecule has 0 aliphatic carbocycles. The Bertz CT molecular complexity index is 665. The van der Waals surface area contributed by atoms with Gasteiger partial charge in [0.2, 0.25) is 0 Å². The number of aryl methyl sites for hydroxylation is 1. The molecule has 0 radical (unpaired) electrons. The van der Waals surface area contributed by atoms with Gasteiger partial charge in [-0.05, 0) is 53.8 Å². The molecule has 1 heterocycles. The van der Waals surface area contributed by atoms with Crippen LogP contribution in [0.4, 0.5) is 0 Å². The molecule has 0 aliphatic rings. The number of amides is 1. The molecule has 0 fully saturated rings. The maximum absolute atomic E-state index is 11.8. The topological polar surface area (TPSA) is 55.4 Å². The van der Waals surface area contributed by atoms with E-state index in [1.54, 1.807) is 17.4 Å². The lowest BCUT2D eigenvalue weighted by atomic mass is 10.1. The zero-order valence-electron chi connectivity index (χ0n) is 13.6. The van der Waals surface area contributed by atoms with E-state index in [9.17, 15) is 9.59 Å². The van der Waals surface area contributed by atoms with Crippen LogP contribution in [-0.4, -0.2) is 24.5 Å². The molecule has 0 aliphatic heterocycles. The first-order valence-corrected chi connectivity index (χ1v) is 8.78. The molecule has 1 N–H and O–H groups in total. The SMILES string of the molecule is C[C@H](CCc1ccccc1)NC(=O)COC(=O)/C=C/c1ccsc1. The van der Waals surface area contributed by atoms with Crippen LogP contribution in [0.5, 0.6) is 0 Å². The van der Waals surface area contributed by atoms with E-state index in [1.807, 2.05) is 41.9 Å². The fraction of sp³-hybridized carbons (Fsp3) is 0.263. The summed E-state index contributed by atoms with van der Waals surface area (Å²) in [6.07, 6.45) is 4.72. The number of ether oxygens (including phenoxy) is 1. The van der Waals surface area contributed by atoms with Crippen LogP contribution in [0.1, 0.15) is 24.5 Å². The Kier molecular flexibility index (Phi) is 7.23. The monoisotopic (exact) mass is 343 g/mol. The van der Waals surface area contributed by atoms with E-state index in [1.165, 1.54) is 11.6 Å². The van der Waals surface area contributed by atoms with Gasteiger partial charge >= 0.3 is 5.97 Å². The molecule has 0 saturated heterocycles. The van der Waals surface area contributed by atoms with Crippen LogP contribution < -0.4 is 5.32 Å². The lowest BCUT2D eigenvalue weighted by molar-refractivity contribution is -0.144. The van der Waals surface area contributed by atoms with Gasteiger partial charge in [0.05, 0.1) is 0 Å². The summed E-state index contributed by atoms with van der Waals surface area (Å²) in [7, 11) is 0. The van der Waals surface area contributed by atoms with Crippen LogP contribution in [0.15, 0.2) is 53.2 Å². The first kappa shape index (κ1) is 17.9. The van der Waals surface area contributed by atoms with Gasteiger partial charge in [-0.1, -0.05) is 30.3 Å². The minimum absolute atomic E-state index is 0.0257. The Morgan fingerprint density at radius 1 is 1.25 bits per heavy atom. The van der Waals surface area contributed by atoms with E-state index in [0.717, 1.165) is 18.4 Å². The number of thiophene rings is 1. The van der Waals surface area contributed by atoms with Crippen molar-refractivity contribution in [3.05, 3.63) is 64.4 Å². The van der Waals surface area contributed by atoms with Crippen molar-refractivity contribution in [2.45, 2.75) is 25.8 Å². The molecule has 1 atom stereocenters. The molecule has 24 heavy (non-hydrogen) atoms. The zero-order chi connectivity index (χ0) is 17.2. The minimum Gasteiger partial charge on any atom is -0.452 e. The standard InChI is InChI=1S/C19H21NO3S/c1-15(7-8-16-5-3-2-4-6-16)20-18(21)13-23-19(22)10-9-17-11-12-24-14-17/h2-6,9-12,14-15H,7-8,13H2,1H3,(H,20,21)/b10-9+/t15-/m1/s1. The van der Waals surface area contributed by atoms with Crippen molar-refractivity contribution < 1.29 is 14.3 Å². The molecule has 126 valence electrons. The van der Waals surface area contributed by atoms with Crippen LogP contribution in [-0.2, 0) is 20.7 Å². The lowest BCUT2D eigenvalue weighted by Crippen LogP contribution is -2.36. The molecule has 2 rings (SSSR count). The number of carbonyl (C=O) groups is 2. The second-order valence-electron chi connectivity index (χ2n) is 5.49. The summed E-state index contributed by atoms with van der Waals surface area (Å²) in [6.45, 7) is 1.68. The molecule has 0 spiro atoms. The summed E-state index contributed by atoms with van der Waals surface area (Å²) in [5.41, 5.74) is 2.18. The number of hydrogen-bond donors (Lipinski definition) is 1. The highest BCUT2D eigenvalue weighted by Gasteiger charge is 2.09. The number of rotatable bonds is 8. The second kappa shape index (κ2) is 9.67. The van der Waals surface area contributed by atoms with Crippen molar-refractivity contribution in [3.63, 3.8) is 0 Å². The largest absolute Gasteiger partial charge is 0.452 e. The van der Waals surface area contributed by atoms with Gasteiger partial charge in [0, 0.05) is 12.1 Å². The molecule has 1 aromatic heterocycles. The number of carbonyl (C=O) groups excluding carboxylic acids is 2. The second-order valence-corrected chi connectivity index (χ2v) is 6.27. The van der Waals surface area contributed by atoms with E-state index in [4.69, 9.17) is 4.74 Å². The summed E-state index contributed by atoms with van der Waals surface area (Å²) in [4.78, 5) is 23.3. The third-order valence-electron chi connectivity index (χ3n) is 3.42. The quantitative estimate of drug-likeness (QED) is 0.590. The third-order valence-corrected chi connectivity index (χ3v) is 4.12. The van der Waals surface area contributed by atoms with E-state index in [-0.39, 0.29) is 18.6 Å². The summed E-state index contributed by atoms with van der Waals surface area (Å²) < 4.78 is 4.93. The van der Waals surface area contributed by atoms with Gasteiger partial charge in [-0.3, -0.25) is 4.79 Å². The van der Waals surface area contributed by atoms with Crippen LogP contribution in [0.3, 0.4) is 0 Å². The van der Waals surface area contributed by atoms with Gasteiger partial charge < -0.3 is 10.1 Å². The van der Waals surface area contributed by atoms with Crippen molar-refractivity contribution in [1.29, 1.82) is 0 Å². The number of nitrogens with one attached hydrogen (secondary N) is 1. The average Bonchev–Trinajstić information content (AvgIpc) is 3.11. The van der Waals surface area contributed by atoms with Crippen LogP contribution in [0, 0.1) is 0 Å². The normalized spacial score (nSPS) is 12.0. The highest BCUT2D eigenvalue weighted by Crippen LogP contribution is 2.07. The van der Waals surface area contributed by atoms with Gasteiger partial charge in [-0.25, -0.2) is 4.79 Å². The minimum atomic E-state index is -0.520. The molecule has 5 heteroatoms. The molecule has 0 saturated carbocycles. The van der Waals surface area contributed by atoms with Crippen molar-refractivity contribution in [1.82, 2.24) is 5.32 Å². The summed E-state index contributed by atoms with van der Waals surface area (Å²) >= 11 is 1.55. The molecule has 1 aromatic carbocycles. The molecular weight excluding hydrogens is 322 g/mol. The summed E-state index contributed by atoms with van der Waals surface area (Å²) in [5, 5.41) is 6.68. The summed E-state index contributed by atoms with van der Waals surface area (Å²) in [5.74, 6) is -0.805. The highest BCUT2D eigenvalue weighted by atomic mass is 32.1. The van der Waals surface area contributed by atoms with E-state index in [0.29, 0.717) is 0 Å². The predicted molar refractivity (Wildman–Crippen MR) is 96.7 cm³/mol. The zero-order valence-corrected chi connectivity index (χ0v) is 14.4. The first-order chi connectivity index (χ1) is 11.6. The van der Waals surface area contributed by atoms with Crippen molar-refractivity contribution >= 4 is 29.3 Å². The molecule has 0 unspecified atom stereocenters. The van der Waals surface area contributed by atoms with E-state index >= 15 is 0 Å². The summed E-state index contributed by atoms with van der Waals surface area (Å²) in [6, 6.07) is 12.0. The fourth-order valence-corrected chi connectivity index (χ4v) is 2.76. The van der Waals surface area contributed by atoms with Gasteiger partial charge in [-0.2, -0.15) is 11.3 Å². The van der Waals surface area contributed by atoms with Crippen LogP contribution in [0.25, 0.3) is 6.08 Å². The van der Waals surface area contributed by atoms with Crippen molar-refractivity contribution in [3.8, 4) is 0 Å². The molecule has 1 amide bonds. The Hall–Kier alpha value is -2.40. The van der Waals surface area contributed by atoms with Gasteiger partial charge in [0.25, 0.3) is 5.91 Å². The van der Waals surface area contributed by atoms with Crippen molar-refractivity contribution in [2.24, 2.45) is 0 Å². The highest BCUT2D eigenvalue weighted by molar-refractivity contribution is 7.08. The number of hydrogen-bond acceptors (Lipinski definition) is 4. The molecule has 4 nitrogen and oxygen atoms in total. The van der Waals surface area contributed by atoms with E-state index in [2.05, 4.69) is 17.4 Å². The molecule has 0 bridgehead atoms. The smallest absolute Gasteiger partial charge is 0.331 e. The molecule has 2 aromatic rings. The maximum atomic E-state index is 11.8. The first-order valence-electron chi connectivity index (χ1n) is 7.84. The lowest BCUT2D eigenvalue weighted by Gasteiger charge is -2.13. The predicted octanol–water partition coefficient (Wildman–Crippen LogP) is 3.44. The fourth-order valence-electron chi connectivity index (χ4n) is 2.14. The Morgan fingerprint density at radius 2 is 2.04 bits per heavy atom.